The standard InChI is InChI=1S/C16H14IN3/c17-13-6-3-5-11(8-13)16(20-18)15-10-19-9-12-4-1-2-7-14(12)15/h1-10,16,20H,18H2. The number of benzene rings is 2. The van der Waals surface area contributed by atoms with Gasteiger partial charge in [0.25, 0.3) is 0 Å². The van der Waals surface area contributed by atoms with E-state index in [1.165, 1.54) is 8.96 Å². The number of hydrazine groups is 1. The molecule has 20 heavy (non-hydrogen) atoms. The molecule has 0 fully saturated rings. The van der Waals surface area contributed by atoms with Gasteiger partial charge in [-0.25, -0.2) is 5.43 Å². The van der Waals surface area contributed by atoms with Gasteiger partial charge in [-0.2, -0.15) is 0 Å². The quantitative estimate of drug-likeness (QED) is 0.419. The smallest absolute Gasteiger partial charge is 0.0731 e. The lowest BCUT2D eigenvalue weighted by Gasteiger charge is -2.18. The van der Waals surface area contributed by atoms with Gasteiger partial charge in [-0.15, -0.1) is 0 Å². The van der Waals surface area contributed by atoms with Crippen LogP contribution in [0.5, 0.6) is 0 Å². The van der Waals surface area contributed by atoms with Crippen molar-refractivity contribution in [3.8, 4) is 0 Å². The van der Waals surface area contributed by atoms with Crippen molar-refractivity contribution in [3.63, 3.8) is 0 Å². The summed E-state index contributed by atoms with van der Waals surface area (Å²) in [5, 5.41) is 2.29. The van der Waals surface area contributed by atoms with Crippen molar-refractivity contribution < 1.29 is 0 Å². The van der Waals surface area contributed by atoms with Crippen LogP contribution in [0.25, 0.3) is 10.8 Å². The molecule has 3 N–H and O–H groups in total. The summed E-state index contributed by atoms with van der Waals surface area (Å²) in [6.07, 6.45) is 3.76. The fourth-order valence-electron chi connectivity index (χ4n) is 2.42. The lowest BCUT2D eigenvalue weighted by atomic mass is 9.96. The summed E-state index contributed by atoms with van der Waals surface area (Å²) in [6, 6.07) is 16.5. The maximum atomic E-state index is 5.80. The molecular weight excluding hydrogens is 361 g/mol. The lowest BCUT2D eigenvalue weighted by Crippen LogP contribution is -2.29. The lowest BCUT2D eigenvalue weighted by molar-refractivity contribution is 0.638. The van der Waals surface area contributed by atoms with Crippen LogP contribution in [-0.2, 0) is 0 Å². The van der Waals surface area contributed by atoms with E-state index in [-0.39, 0.29) is 6.04 Å². The summed E-state index contributed by atoms with van der Waals surface area (Å²) >= 11 is 2.31. The molecule has 0 bridgehead atoms. The summed E-state index contributed by atoms with van der Waals surface area (Å²) in [5.74, 6) is 5.80. The Labute approximate surface area is 131 Å². The molecule has 0 spiro atoms. The fourth-order valence-corrected chi connectivity index (χ4v) is 2.99. The average molecular weight is 375 g/mol. The molecule has 100 valence electrons. The van der Waals surface area contributed by atoms with Gasteiger partial charge in [0.2, 0.25) is 0 Å². The molecule has 2 aromatic carbocycles. The molecule has 1 heterocycles. The van der Waals surface area contributed by atoms with Crippen LogP contribution in [-0.4, -0.2) is 4.98 Å². The number of aromatic nitrogens is 1. The van der Waals surface area contributed by atoms with Gasteiger partial charge in [-0.3, -0.25) is 10.8 Å². The highest BCUT2D eigenvalue weighted by Crippen LogP contribution is 2.28. The first-order chi connectivity index (χ1) is 9.79. The van der Waals surface area contributed by atoms with Gasteiger partial charge in [0.15, 0.2) is 0 Å². The zero-order valence-corrected chi connectivity index (χ0v) is 12.9. The predicted octanol–water partition coefficient (Wildman–Crippen LogP) is 3.39. The Hall–Kier alpha value is -1.50. The number of rotatable bonds is 3. The molecule has 4 heteroatoms. The Morgan fingerprint density at radius 3 is 2.70 bits per heavy atom. The van der Waals surface area contributed by atoms with E-state index >= 15 is 0 Å². The SMILES string of the molecule is NNC(c1cccc(I)c1)c1cncc2ccccc12. The van der Waals surface area contributed by atoms with Gasteiger partial charge in [-0.05, 0) is 45.7 Å². The Kier molecular flexibility index (Phi) is 3.95. The molecular formula is C16H14IN3. The second-order valence-electron chi connectivity index (χ2n) is 4.60. The van der Waals surface area contributed by atoms with E-state index in [4.69, 9.17) is 5.84 Å². The van der Waals surface area contributed by atoms with Crippen LogP contribution in [0.4, 0.5) is 0 Å². The van der Waals surface area contributed by atoms with Crippen LogP contribution in [0.3, 0.4) is 0 Å². The van der Waals surface area contributed by atoms with E-state index in [1.807, 2.05) is 30.6 Å². The number of nitrogens with one attached hydrogen (secondary N) is 1. The van der Waals surface area contributed by atoms with E-state index in [1.54, 1.807) is 0 Å². The van der Waals surface area contributed by atoms with E-state index in [9.17, 15) is 0 Å². The molecule has 3 nitrogen and oxygen atoms in total. The molecule has 1 unspecified atom stereocenters. The molecule has 1 atom stereocenters. The number of pyridine rings is 1. The van der Waals surface area contributed by atoms with Gasteiger partial charge in [-0.1, -0.05) is 36.4 Å². The monoisotopic (exact) mass is 375 g/mol. The first-order valence-corrected chi connectivity index (χ1v) is 7.41. The van der Waals surface area contributed by atoms with Crippen molar-refractivity contribution >= 4 is 33.4 Å². The van der Waals surface area contributed by atoms with Crippen LogP contribution >= 0.6 is 22.6 Å². The van der Waals surface area contributed by atoms with E-state index in [0.717, 1.165) is 16.5 Å². The third kappa shape index (κ3) is 2.54. The molecule has 3 rings (SSSR count). The van der Waals surface area contributed by atoms with E-state index in [2.05, 4.69) is 63.3 Å². The molecule has 0 amide bonds. The first kappa shape index (κ1) is 13.5. The highest BCUT2D eigenvalue weighted by atomic mass is 127. The van der Waals surface area contributed by atoms with Crippen LogP contribution in [0.2, 0.25) is 0 Å². The van der Waals surface area contributed by atoms with Gasteiger partial charge in [0, 0.05) is 26.9 Å². The van der Waals surface area contributed by atoms with Crippen LogP contribution in [0.1, 0.15) is 17.2 Å². The summed E-state index contributed by atoms with van der Waals surface area (Å²) in [4.78, 5) is 4.33. The van der Waals surface area contributed by atoms with Crippen molar-refractivity contribution in [2.24, 2.45) is 5.84 Å². The molecule has 0 radical (unpaired) electrons. The molecule has 0 aliphatic rings. The average Bonchev–Trinajstić information content (AvgIpc) is 2.48. The van der Waals surface area contributed by atoms with Crippen LogP contribution in [0, 0.1) is 3.57 Å². The van der Waals surface area contributed by atoms with Gasteiger partial charge in [0.1, 0.15) is 0 Å². The Morgan fingerprint density at radius 1 is 1.05 bits per heavy atom. The van der Waals surface area contributed by atoms with Crippen molar-refractivity contribution in [2.75, 3.05) is 0 Å². The number of fused-ring (bicyclic) bond motifs is 1. The normalized spacial score (nSPS) is 12.5. The number of nitrogens with two attached hydrogens (primary N) is 1. The molecule has 0 aliphatic carbocycles. The van der Waals surface area contributed by atoms with Crippen molar-refractivity contribution in [3.05, 3.63) is 75.6 Å². The molecule has 1 aromatic heterocycles. The number of halogens is 1. The zero-order chi connectivity index (χ0) is 13.9. The minimum Gasteiger partial charge on any atom is -0.271 e. The number of nitrogens with zero attached hydrogens (tertiary/aromatic N) is 1. The van der Waals surface area contributed by atoms with E-state index in [0.29, 0.717) is 0 Å². The van der Waals surface area contributed by atoms with E-state index < -0.39 is 0 Å². The second kappa shape index (κ2) is 5.87. The maximum Gasteiger partial charge on any atom is 0.0731 e. The van der Waals surface area contributed by atoms with Gasteiger partial charge in [0.05, 0.1) is 6.04 Å². The highest BCUT2D eigenvalue weighted by Gasteiger charge is 2.15. The first-order valence-electron chi connectivity index (χ1n) is 6.34. The minimum absolute atomic E-state index is 0.0664. The number of hydrogen-bond acceptors (Lipinski definition) is 3. The molecule has 0 saturated heterocycles. The second-order valence-corrected chi connectivity index (χ2v) is 5.85. The number of hydrogen-bond donors (Lipinski definition) is 2. The van der Waals surface area contributed by atoms with Crippen molar-refractivity contribution in [1.82, 2.24) is 10.4 Å². The Bertz CT molecular complexity index is 737. The third-order valence-electron chi connectivity index (χ3n) is 3.36. The Balaban J connectivity index is 2.17. The van der Waals surface area contributed by atoms with Crippen molar-refractivity contribution in [2.45, 2.75) is 6.04 Å². The third-order valence-corrected chi connectivity index (χ3v) is 4.03. The summed E-state index contributed by atoms with van der Waals surface area (Å²) in [7, 11) is 0. The van der Waals surface area contributed by atoms with Crippen LogP contribution < -0.4 is 11.3 Å². The largest absolute Gasteiger partial charge is 0.271 e. The van der Waals surface area contributed by atoms with Crippen molar-refractivity contribution in [1.29, 1.82) is 0 Å². The minimum atomic E-state index is -0.0664. The Morgan fingerprint density at radius 2 is 1.90 bits per heavy atom. The maximum absolute atomic E-state index is 5.80. The van der Waals surface area contributed by atoms with Gasteiger partial charge < -0.3 is 0 Å². The highest BCUT2D eigenvalue weighted by molar-refractivity contribution is 14.1. The zero-order valence-electron chi connectivity index (χ0n) is 10.8. The summed E-state index contributed by atoms with van der Waals surface area (Å²) in [6.45, 7) is 0. The predicted molar refractivity (Wildman–Crippen MR) is 90.1 cm³/mol. The summed E-state index contributed by atoms with van der Waals surface area (Å²) in [5.41, 5.74) is 5.14. The fraction of sp³-hybridized carbons (Fsp3) is 0.0625. The molecule has 0 aliphatic heterocycles. The molecule has 3 aromatic rings. The van der Waals surface area contributed by atoms with Crippen LogP contribution in [0.15, 0.2) is 60.9 Å². The summed E-state index contributed by atoms with van der Waals surface area (Å²) < 4.78 is 1.19. The van der Waals surface area contributed by atoms with Gasteiger partial charge >= 0.3 is 0 Å². The molecule has 0 saturated carbocycles. The topological polar surface area (TPSA) is 50.9 Å².